The molecule has 0 saturated heterocycles. The zero-order valence-corrected chi connectivity index (χ0v) is 17.4. The summed E-state index contributed by atoms with van der Waals surface area (Å²) in [7, 11) is 0. The van der Waals surface area contributed by atoms with Crippen LogP contribution < -0.4 is 15.8 Å². The summed E-state index contributed by atoms with van der Waals surface area (Å²) in [6, 6.07) is 9.43. The maximum atomic E-state index is 11.3. The molecule has 134 valence electrons. The van der Waals surface area contributed by atoms with Gasteiger partial charge in [0.2, 0.25) is 0 Å². The molecule has 0 fully saturated rings. The van der Waals surface area contributed by atoms with Crippen LogP contribution in [0, 0.1) is 6.92 Å². The Morgan fingerprint density at radius 2 is 1.84 bits per heavy atom. The van der Waals surface area contributed by atoms with Gasteiger partial charge in [-0.15, -0.1) is 11.6 Å². The van der Waals surface area contributed by atoms with Gasteiger partial charge >= 0.3 is 6.03 Å². The molecule has 1 atom stereocenters. The molecule has 4 nitrogen and oxygen atoms in total. The second kappa shape index (κ2) is 8.23. The number of benzene rings is 2. The number of nitrogens with two attached hydrogens (primary N) is 1. The topological polar surface area (TPSA) is 64.3 Å². The summed E-state index contributed by atoms with van der Waals surface area (Å²) < 4.78 is 4.40. The average molecular weight is 487 g/mol. The summed E-state index contributed by atoms with van der Waals surface area (Å²) in [5.41, 5.74) is 6.73. The summed E-state index contributed by atoms with van der Waals surface area (Å²) in [6.07, 6.45) is 0. The van der Waals surface area contributed by atoms with Crippen molar-refractivity contribution >= 4 is 74.1 Å². The van der Waals surface area contributed by atoms with Gasteiger partial charge in [-0.1, -0.05) is 34.8 Å². The minimum atomic E-state index is -1.47. The van der Waals surface area contributed by atoms with E-state index >= 15 is 0 Å². The van der Waals surface area contributed by atoms with Crippen LogP contribution in [0.1, 0.15) is 16.5 Å². The molecular formula is C16H13BrCl4N2O2. The minimum Gasteiger partial charge on any atom is -0.457 e. The van der Waals surface area contributed by atoms with Crippen LogP contribution in [0.15, 0.2) is 36.4 Å². The lowest BCUT2D eigenvalue weighted by Crippen LogP contribution is -2.22. The molecule has 0 spiro atoms. The van der Waals surface area contributed by atoms with Crippen molar-refractivity contribution in [3.05, 3.63) is 52.5 Å². The summed E-state index contributed by atoms with van der Waals surface area (Å²) in [6.45, 7) is 1.77. The van der Waals surface area contributed by atoms with Gasteiger partial charge in [-0.05, 0) is 64.8 Å². The molecule has 0 aliphatic carbocycles. The van der Waals surface area contributed by atoms with E-state index in [4.69, 9.17) is 56.9 Å². The predicted molar refractivity (Wildman–Crippen MR) is 108 cm³/mol. The zero-order chi connectivity index (χ0) is 18.8. The molecule has 2 aromatic rings. The fraction of sp³-hybridized carbons (Fsp3) is 0.188. The number of primary amides is 1. The molecule has 3 N–H and O–H groups in total. The summed E-state index contributed by atoms with van der Waals surface area (Å²) >= 11 is 27.5. The second-order valence-electron chi connectivity index (χ2n) is 5.10. The highest BCUT2D eigenvalue weighted by Crippen LogP contribution is 2.50. The smallest absolute Gasteiger partial charge is 0.316 e. The van der Waals surface area contributed by atoms with E-state index in [1.807, 2.05) is 0 Å². The minimum absolute atomic E-state index is 0.388. The molecule has 9 heteroatoms. The van der Waals surface area contributed by atoms with Crippen molar-refractivity contribution < 1.29 is 9.53 Å². The Morgan fingerprint density at radius 3 is 2.36 bits per heavy atom. The Kier molecular flexibility index (Phi) is 6.74. The van der Waals surface area contributed by atoms with Crippen LogP contribution >= 0.6 is 62.3 Å². The van der Waals surface area contributed by atoms with Crippen molar-refractivity contribution in [2.45, 2.75) is 15.5 Å². The van der Waals surface area contributed by atoms with Crippen LogP contribution in [-0.4, -0.2) is 9.27 Å². The number of amides is 2. The van der Waals surface area contributed by atoms with E-state index in [-0.39, 0.29) is 0 Å². The first-order chi connectivity index (χ1) is 11.6. The Labute approximate surface area is 173 Å². The number of urea groups is 1. The molecule has 0 heterocycles. The number of hydrogen-bond donors (Lipinski definition) is 2. The van der Waals surface area contributed by atoms with Gasteiger partial charge in [-0.3, -0.25) is 0 Å². The van der Waals surface area contributed by atoms with E-state index in [0.717, 1.165) is 0 Å². The Balaban J connectivity index is 2.49. The lowest BCUT2D eigenvalue weighted by Gasteiger charge is -2.24. The largest absolute Gasteiger partial charge is 0.457 e. The number of anilines is 1. The number of carbonyl (C=O) groups excluding carboxylic acids is 1. The van der Waals surface area contributed by atoms with Crippen molar-refractivity contribution in [2.75, 3.05) is 5.32 Å². The molecule has 0 bridgehead atoms. The third kappa shape index (κ3) is 5.31. The van der Waals surface area contributed by atoms with Gasteiger partial charge in [-0.2, -0.15) is 0 Å². The number of halogens is 5. The number of hydrogen-bond acceptors (Lipinski definition) is 2. The molecule has 0 aromatic heterocycles. The first-order valence-electron chi connectivity index (χ1n) is 6.93. The van der Waals surface area contributed by atoms with E-state index in [0.29, 0.717) is 33.3 Å². The Morgan fingerprint density at radius 1 is 1.24 bits per heavy atom. The van der Waals surface area contributed by atoms with Crippen molar-refractivity contribution in [1.82, 2.24) is 0 Å². The van der Waals surface area contributed by atoms with Gasteiger partial charge in [0.05, 0.1) is 0 Å². The summed E-state index contributed by atoms with van der Waals surface area (Å²) in [5, 5.41) is 2.21. The quantitative estimate of drug-likeness (QED) is 0.460. The van der Waals surface area contributed by atoms with Crippen molar-refractivity contribution in [3.8, 4) is 11.5 Å². The normalized spacial score (nSPS) is 12.6. The molecule has 0 aliphatic heterocycles. The van der Waals surface area contributed by atoms with Gasteiger partial charge in [0.25, 0.3) is 0 Å². The van der Waals surface area contributed by atoms with E-state index in [1.54, 1.807) is 43.3 Å². The van der Waals surface area contributed by atoms with Gasteiger partial charge in [-0.25, -0.2) is 4.79 Å². The third-order valence-corrected chi connectivity index (χ3v) is 5.48. The number of carbonyl (C=O) groups is 1. The summed E-state index contributed by atoms with van der Waals surface area (Å²) in [5.74, 6) is 1.10. The van der Waals surface area contributed by atoms with Crippen LogP contribution in [0.5, 0.6) is 11.5 Å². The van der Waals surface area contributed by atoms with E-state index in [1.165, 1.54) is 0 Å². The third-order valence-electron chi connectivity index (χ3n) is 3.31. The van der Waals surface area contributed by atoms with Crippen LogP contribution in [0.4, 0.5) is 10.5 Å². The number of ether oxygens (including phenoxy) is 1. The first kappa shape index (κ1) is 20.5. The molecule has 2 rings (SSSR count). The number of rotatable bonds is 5. The molecule has 2 amide bonds. The van der Waals surface area contributed by atoms with E-state index in [9.17, 15) is 4.79 Å². The Hall–Kier alpha value is -0.850. The first-order valence-corrected chi connectivity index (χ1v) is 9.30. The van der Waals surface area contributed by atoms with Gasteiger partial charge in [0.1, 0.15) is 16.9 Å². The Bertz CT molecular complexity index is 779. The van der Waals surface area contributed by atoms with Gasteiger partial charge < -0.3 is 15.8 Å². The molecule has 0 radical (unpaired) electrons. The van der Waals surface area contributed by atoms with Crippen molar-refractivity contribution in [3.63, 3.8) is 0 Å². The van der Waals surface area contributed by atoms with Crippen LogP contribution in [0.3, 0.4) is 0 Å². The predicted octanol–water partition coefficient (Wildman–Crippen LogP) is 6.74. The van der Waals surface area contributed by atoms with Gasteiger partial charge in [0.15, 0.2) is 3.24 Å². The fourth-order valence-corrected chi connectivity index (χ4v) is 3.04. The standard InChI is InChI=1S/C16H13BrCl4N2O2/c1-8-12(25-10-4-2-9(18)3-5-10)7-6-11(23-15(22)24)13(8)14(19)16(17,20)21/h2-7,14H,1H3,(H3,22,23,24). The molecule has 1 unspecified atom stereocenters. The number of nitrogens with one attached hydrogen (secondary N) is 1. The lowest BCUT2D eigenvalue weighted by atomic mass is 10.0. The highest BCUT2D eigenvalue weighted by Gasteiger charge is 2.35. The van der Waals surface area contributed by atoms with E-state index < -0.39 is 14.7 Å². The molecule has 25 heavy (non-hydrogen) atoms. The molecule has 2 aromatic carbocycles. The monoisotopic (exact) mass is 484 g/mol. The van der Waals surface area contributed by atoms with Crippen LogP contribution in [0.25, 0.3) is 0 Å². The highest BCUT2D eigenvalue weighted by atomic mass is 79.9. The average Bonchev–Trinajstić information content (AvgIpc) is 2.50. The van der Waals surface area contributed by atoms with Crippen molar-refractivity contribution in [2.24, 2.45) is 5.73 Å². The second-order valence-corrected chi connectivity index (χ2v) is 9.52. The van der Waals surface area contributed by atoms with Gasteiger partial charge in [0, 0.05) is 16.3 Å². The molecule has 0 aliphatic rings. The van der Waals surface area contributed by atoms with E-state index in [2.05, 4.69) is 21.2 Å². The molecular weight excluding hydrogens is 474 g/mol. The van der Waals surface area contributed by atoms with Crippen LogP contribution in [0.2, 0.25) is 5.02 Å². The summed E-state index contributed by atoms with van der Waals surface area (Å²) in [4.78, 5) is 11.3. The maximum absolute atomic E-state index is 11.3. The van der Waals surface area contributed by atoms with Crippen LogP contribution in [-0.2, 0) is 0 Å². The van der Waals surface area contributed by atoms with Crippen molar-refractivity contribution in [1.29, 1.82) is 0 Å². The zero-order valence-electron chi connectivity index (χ0n) is 12.8. The lowest BCUT2D eigenvalue weighted by molar-refractivity contribution is 0.259. The SMILES string of the molecule is Cc1c(Oc2ccc(Cl)cc2)ccc(NC(N)=O)c1C(Cl)C(Cl)(Cl)Br. The number of alkyl halides is 4. The molecule has 0 saturated carbocycles. The highest BCUT2D eigenvalue weighted by molar-refractivity contribution is 9.11. The maximum Gasteiger partial charge on any atom is 0.316 e. The fourth-order valence-electron chi connectivity index (χ4n) is 2.18.